The number of aromatic nitrogens is 1. The van der Waals surface area contributed by atoms with Gasteiger partial charge in [-0.1, -0.05) is 23.7 Å². The predicted octanol–water partition coefficient (Wildman–Crippen LogP) is 3.74. The molecule has 0 saturated heterocycles. The van der Waals surface area contributed by atoms with E-state index in [0.717, 1.165) is 5.75 Å². The van der Waals surface area contributed by atoms with Gasteiger partial charge in [-0.3, -0.25) is 9.36 Å². The summed E-state index contributed by atoms with van der Waals surface area (Å²) >= 11 is 5.84. The number of amides is 1. The normalized spacial score (nSPS) is 12.1. The Morgan fingerprint density at radius 2 is 1.93 bits per heavy atom. The quantitative estimate of drug-likeness (QED) is 0.578. The molecule has 6 nitrogen and oxygen atoms in total. The van der Waals surface area contributed by atoms with Crippen LogP contribution in [-0.2, 0) is 4.79 Å². The molecule has 3 aromatic rings. The number of hydrogen-bond donors (Lipinski definition) is 0. The summed E-state index contributed by atoms with van der Waals surface area (Å²) in [4.78, 5) is 26.5. The predicted molar refractivity (Wildman–Crippen MR) is 104 cm³/mol. The van der Waals surface area contributed by atoms with Crippen molar-refractivity contribution in [3.8, 4) is 5.75 Å². The molecule has 142 valence electrons. The van der Waals surface area contributed by atoms with Crippen molar-refractivity contribution in [3.05, 3.63) is 64.1 Å². The standard InChI is InChI=1S/C20H21ClN2O4/c1-14(23-17-6-3-4-7-18(17)27-20(23)25)19(24)22(2)12-5-13-26-16-10-8-15(21)9-11-16/h3-4,6-11,14H,5,12-13H2,1-2H3. The Bertz CT molecular complexity index is 978. The number of para-hydroxylation sites is 2. The van der Waals surface area contributed by atoms with E-state index in [1.54, 1.807) is 61.3 Å². The van der Waals surface area contributed by atoms with Crippen LogP contribution in [0.15, 0.2) is 57.7 Å². The van der Waals surface area contributed by atoms with Crippen LogP contribution in [0, 0.1) is 0 Å². The molecule has 1 atom stereocenters. The average Bonchev–Trinajstić information content (AvgIpc) is 3.01. The smallest absolute Gasteiger partial charge is 0.420 e. The summed E-state index contributed by atoms with van der Waals surface area (Å²) in [6.45, 7) is 2.69. The SMILES string of the molecule is CC(C(=O)N(C)CCCOc1ccc(Cl)cc1)n1c(=O)oc2ccccc21. The van der Waals surface area contributed by atoms with Gasteiger partial charge in [-0.2, -0.15) is 0 Å². The summed E-state index contributed by atoms with van der Waals surface area (Å²) in [5, 5.41) is 0.656. The first-order valence-corrected chi connectivity index (χ1v) is 9.08. The highest BCUT2D eigenvalue weighted by Crippen LogP contribution is 2.18. The molecular formula is C20H21ClN2O4. The Kier molecular flexibility index (Phi) is 5.86. The average molecular weight is 389 g/mol. The van der Waals surface area contributed by atoms with E-state index in [1.165, 1.54) is 4.57 Å². The molecule has 1 amide bonds. The largest absolute Gasteiger partial charge is 0.494 e. The van der Waals surface area contributed by atoms with Gasteiger partial charge in [0, 0.05) is 18.6 Å². The Balaban J connectivity index is 1.57. The van der Waals surface area contributed by atoms with Crippen molar-refractivity contribution in [1.82, 2.24) is 9.47 Å². The van der Waals surface area contributed by atoms with Gasteiger partial charge in [-0.25, -0.2) is 4.79 Å². The van der Waals surface area contributed by atoms with Gasteiger partial charge >= 0.3 is 5.76 Å². The molecular weight excluding hydrogens is 368 g/mol. The van der Waals surface area contributed by atoms with Gasteiger partial charge in [0.25, 0.3) is 0 Å². The van der Waals surface area contributed by atoms with Crippen molar-refractivity contribution in [2.24, 2.45) is 0 Å². The van der Waals surface area contributed by atoms with Crippen molar-refractivity contribution < 1.29 is 13.9 Å². The van der Waals surface area contributed by atoms with Gasteiger partial charge in [-0.05, 0) is 49.7 Å². The van der Waals surface area contributed by atoms with Crippen LogP contribution in [-0.4, -0.2) is 35.6 Å². The number of oxazole rings is 1. The second kappa shape index (κ2) is 8.31. The lowest BCUT2D eigenvalue weighted by molar-refractivity contribution is -0.133. The van der Waals surface area contributed by atoms with Crippen LogP contribution in [0.5, 0.6) is 5.75 Å². The van der Waals surface area contributed by atoms with E-state index in [9.17, 15) is 9.59 Å². The molecule has 0 aliphatic carbocycles. The number of hydrogen-bond acceptors (Lipinski definition) is 4. The van der Waals surface area contributed by atoms with Crippen LogP contribution < -0.4 is 10.5 Å². The molecule has 0 fully saturated rings. The van der Waals surface area contributed by atoms with E-state index in [-0.39, 0.29) is 5.91 Å². The molecule has 7 heteroatoms. The monoisotopic (exact) mass is 388 g/mol. The lowest BCUT2D eigenvalue weighted by atomic mass is 10.2. The number of likely N-dealkylation sites (N-methyl/N-ethyl adjacent to an activating group) is 1. The number of ether oxygens (including phenoxy) is 1. The zero-order valence-electron chi connectivity index (χ0n) is 15.2. The van der Waals surface area contributed by atoms with E-state index in [1.807, 2.05) is 6.07 Å². The van der Waals surface area contributed by atoms with Gasteiger partial charge in [0.2, 0.25) is 5.91 Å². The molecule has 0 spiro atoms. The number of fused-ring (bicyclic) bond motifs is 1. The third-order valence-electron chi connectivity index (χ3n) is 4.36. The number of rotatable bonds is 7. The number of nitrogens with zero attached hydrogens (tertiary/aromatic N) is 2. The summed E-state index contributed by atoms with van der Waals surface area (Å²) in [7, 11) is 1.72. The summed E-state index contributed by atoms with van der Waals surface area (Å²) in [6, 6.07) is 13.6. The minimum Gasteiger partial charge on any atom is -0.494 e. The van der Waals surface area contributed by atoms with Crippen molar-refractivity contribution in [1.29, 1.82) is 0 Å². The summed E-state index contributed by atoms with van der Waals surface area (Å²) in [6.07, 6.45) is 0.665. The van der Waals surface area contributed by atoms with Crippen molar-refractivity contribution >= 4 is 28.6 Å². The van der Waals surface area contributed by atoms with Crippen LogP contribution in [0.4, 0.5) is 0 Å². The van der Waals surface area contributed by atoms with E-state index in [0.29, 0.717) is 35.7 Å². The highest BCUT2D eigenvalue weighted by atomic mass is 35.5. The van der Waals surface area contributed by atoms with Crippen LogP contribution in [0.3, 0.4) is 0 Å². The first-order chi connectivity index (χ1) is 13.0. The van der Waals surface area contributed by atoms with Crippen molar-refractivity contribution in [2.45, 2.75) is 19.4 Å². The van der Waals surface area contributed by atoms with Crippen molar-refractivity contribution in [3.63, 3.8) is 0 Å². The molecule has 1 aromatic heterocycles. The first kappa shape index (κ1) is 19.0. The topological polar surface area (TPSA) is 64.7 Å². The van der Waals surface area contributed by atoms with Crippen LogP contribution in [0.2, 0.25) is 5.02 Å². The van der Waals surface area contributed by atoms with Gasteiger partial charge in [0.15, 0.2) is 5.58 Å². The minimum atomic E-state index is -0.650. The second-order valence-corrected chi connectivity index (χ2v) is 6.73. The molecule has 0 N–H and O–H groups in total. The van der Waals surface area contributed by atoms with Crippen LogP contribution in [0.25, 0.3) is 11.1 Å². The van der Waals surface area contributed by atoms with Crippen LogP contribution >= 0.6 is 11.6 Å². The summed E-state index contributed by atoms with van der Waals surface area (Å²) < 4.78 is 12.2. The van der Waals surface area contributed by atoms with Gasteiger partial charge in [0.05, 0.1) is 12.1 Å². The van der Waals surface area contributed by atoms with Crippen LogP contribution in [0.1, 0.15) is 19.4 Å². The van der Waals surface area contributed by atoms with E-state index < -0.39 is 11.8 Å². The third kappa shape index (κ3) is 4.34. The summed E-state index contributed by atoms with van der Waals surface area (Å²) in [5.41, 5.74) is 1.09. The molecule has 3 rings (SSSR count). The Morgan fingerprint density at radius 3 is 2.67 bits per heavy atom. The molecule has 1 heterocycles. The summed E-state index contributed by atoms with van der Waals surface area (Å²) in [5.74, 6) is 0.0461. The highest BCUT2D eigenvalue weighted by molar-refractivity contribution is 6.30. The number of halogens is 1. The fraction of sp³-hybridized carbons (Fsp3) is 0.300. The zero-order chi connectivity index (χ0) is 19.4. The second-order valence-electron chi connectivity index (χ2n) is 6.30. The molecule has 0 bridgehead atoms. The Labute approximate surface area is 161 Å². The fourth-order valence-electron chi connectivity index (χ4n) is 2.91. The van der Waals surface area contributed by atoms with Gasteiger partial charge in [-0.15, -0.1) is 0 Å². The maximum atomic E-state index is 12.7. The fourth-order valence-corrected chi connectivity index (χ4v) is 3.04. The molecule has 0 aliphatic rings. The lowest BCUT2D eigenvalue weighted by Crippen LogP contribution is -2.36. The van der Waals surface area contributed by atoms with Crippen molar-refractivity contribution in [2.75, 3.05) is 20.2 Å². The molecule has 0 saturated carbocycles. The molecule has 0 aliphatic heterocycles. The Hall–Kier alpha value is -2.73. The van der Waals surface area contributed by atoms with E-state index >= 15 is 0 Å². The number of benzene rings is 2. The minimum absolute atomic E-state index is 0.157. The third-order valence-corrected chi connectivity index (χ3v) is 4.61. The maximum absolute atomic E-state index is 12.7. The molecule has 1 unspecified atom stereocenters. The number of carbonyl (C=O) groups excluding carboxylic acids is 1. The van der Waals surface area contributed by atoms with E-state index in [2.05, 4.69) is 0 Å². The lowest BCUT2D eigenvalue weighted by Gasteiger charge is -2.22. The molecule has 2 aromatic carbocycles. The highest BCUT2D eigenvalue weighted by Gasteiger charge is 2.23. The molecule has 27 heavy (non-hydrogen) atoms. The molecule has 0 radical (unpaired) electrons. The van der Waals surface area contributed by atoms with Gasteiger partial charge < -0.3 is 14.1 Å². The van der Waals surface area contributed by atoms with Gasteiger partial charge in [0.1, 0.15) is 11.8 Å². The zero-order valence-corrected chi connectivity index (χ0v) is 16.0. The maximum Gasteiger partial charge on any atom is 0.420 e. The first-order valence-electron chi connectivity index (χ1n) is 8.71. The number of carbonyl (C=O) groups is 1. The Morgan fingerprint density at radius 1 is 1.22 bits per heavy atom. The van der Waals surface area contributed by atoms with E-state index in [4.69, 9.17) is 20.8 Å².